The predicted octanol–water partition coefficient (Wildman–Crippen LogP) is 3.84. The van der Waals surface area contributed by atoms with E-state index in [9.17, 15) is 13.2 Å². The van der Waals surface area contributed by atoms with Crippen LogP contribution in [0.3, 0.4) is 0 Å². The zero-order valence-corrected chi connectivity index (χ0v) is 11.1. The number of hydrogen-bond acceptors (Lipinski definition) is 2. The van der Waals surface area contributed by atoms with Crippen LogP contribution in [0.2, 0.25) is 0 Å². The average molecular weight is 291 g/mol. The van der Waals surface area contributed by atoms with Gasteiger partial charge in [-0.25, -0.2) is 4.98 Å². The number of alkyl halides is 3. The van der Waals surface area contributed by atoms with Gasteiger partial charge in [-0.2, -0.15) is 13.2 Å². The molecule has 0 atom stereocenters. The Morgan fingerprint density at radius 3 is 2.48 bits per heavy atom. The number of nitrogens with zero attached hydrogens (tertiary/aromatic N) is 2. The van der Waals surface area contributed by atoms with Gasteiger partial charge in [0.25, 0.3) is 0 Å². The van der Waals surface area contributed by atoms with E-state index in [1.807, 2.05) is 24.3 Å². The second-order valence-electron chi connectivity index (χ2n) is 4.82. The summed E-state index contributed by atoms with van der Waals surface area (Å²) in [5.74, 6) is 0.453. The molecule has 1 heterocycles. The molecule has 0 saturated carbocycles. The molecule has 3 aromatic rings. The first-order valence-corrected chi connectivity index (χ1v) is 6.26. The standard InChI is InChI=1S/C15H12F3N3/c1-21-13-5-3-2-4-12(13)20-14(21)9-6-10(15(16,17)18)8-11(19)7-9/h2-8H,19H2,1H3. The molecular formula is C15H12F3N3. The zero-order chi connectivity index (χ0) is 15.2. The molecule has 0 bridgehead atoms. The van der Waals surface area contributed by atoms with Gasteiger partial charge in [-0.1, -0.05) is 12.1 Å². The van der Waals surface area contributed by atoms with Gasteiger partial charge in [-0.3, -0.25) is 0 Å². The largest absolute Gasteiger partial charge is 0.416 e. The fraction of sp³-hybridized carbons (Fsp3) is 0.133. The van der Waals surface area contributed by atoms with E-state index in [1.165, 1.54) is 6.07 Å². The number of hydrogen-bond donors (Lipinski definition) is 1. The van der Waals surface area contributed by atoms with Gasteiger partial charge >= 0.3 is 6.18 Å². The van der Waals surface area contributed by atoms with Gasteiger partial charge in [0, 0.05) is 18.3 Å². The zero-order valence-electron chi connectivity index (χ0n) is 11.1. The van der Waals surface area contributed by atoms with Gasteiger partial charge in [0.2, 0.25) is 0 Å². The fourth-order valence-electron chi connectivity index (χ4n) is 2.35. The molecule has 0 aliphatic carbocycles. The summed E-state index contributed by atoms with van der Waals surface area (Å²) in [5, 5.41) is 0. The van der Waals surface area contributed by atoms with Crippen molar-refractivity contribution in [3.63, 3.8) is 0 Å². The molecule has 0 radical (unpaired) electrons. The average Bonchev–Trinajstić information content (AvgIpc) is 2.75. The van der Waals surface area contributed by atoms with Crippen molar-refractivity contribution < 1.29 is 13.2 Å². The highest BCUT2D eigenvalue weighted by atomic mass is 19.4. The van der Waals surface area contributed by atoms with Crippen molar-refractivity contribution in [2.75, 3.05) is 5.73 Å². The monoisotopic (exact) mass is 291 g/mol. The highest BCUT2D eigenvalue weighted by Gasteiger charge is 2.31. The van der Waals surface area contributed by atoms with Crippen LogP contribution in [0, 0.1) is 0 Å². The Labute approximate surface area is 118 Å². The van der Waals surface area contributed by atoms with Gasteiger partial charge < -0.3 is 10.3 Å². The van der Waals surface area contributed by atoms with Crippen LogP contribution in [0.15, 0.2) is 42.5 Å². The van der Waals surface area contributed by atoms with Crippen molar-refractivity contribution in [2.45, 2.75) is 6.18 Å². The Bertz CT molecular complexity index is 819. The van der Waals surface area contributed by atoms with Crippen LogP contribution in [-0.4, -0.2) is 9.55 Å². The minimum Gasteiger partial charge on any atom is -0.399 e. The number of para-hydroxylation sites is 2. The number of nitrogens with two attached hydrogens (primary N) is 1. The molecule has 0 aliphatic rings. The second kappa shape index (κ2) is 4.51. The molecular weight excluding hydrogens is 279 g/mol. The third-order valence-corrected chi connectivity index (χ3v) is 3.33. The van der Waals surface area contributed by atoms with Gasteiger partial charge in [-0.15, -0.1) is 0 Å². The van der Waals surface area contributed by atoms with E-state index < -0.39 is 11.7 Å². The second-order valence-corrected chi connectivity index (χ2v) is 4.82. The normalized spacial score (nSPS) is 12.0. The van der Waals surface area contributed by atoms with Crippen LogP contribution < -0.4 is 5.73 Å². The molecule has 0 fully saturated rings. The molecule has 0 aliphatic heterocycles. The lowest BCUT2D eigenvalue weighted by molar-refractivity contribution is -0.137. The number of aryl methyl sites for hydroxylation is 1. The maximum Gasteiger partial charge on any atom is 0.416 e. The lowest BCUT2D eigenvalue weighted by atomic mass is 10.1. The Kier molecular flexibility index (Phi) is 2.90. The number of anilines is 1. The van der Waals surface area contributed by atoms with Crippen LogP contribution in [0.4, 0.5) is 18.9 Å². The van der Waals surface area contributed by atoms with Crippen LogP contribution in [0.5, 0.6) is 0 Å². The molecule has 1 aromatic heterocycles. The summed E-state index contributed by atoms with van der Waals surface area (Å²) in [6.45, 7) is 0. The van der Waals surface area contributed by atoms with Crippen molar-refractivity contribution in [1.29, 1.82) is 0 Å². The van der Waals surface area contributed by atoms with E-state index in [-0.39, 0.29) is 5.69 Å². The Balaban J connectivity index is 2.23. The van der Waals surface area contributed by atoms with Crippen LogP contribution >= 0.6 is 0 Å². The summed E-state index contributed by atoms with van der Waals surface area (Å²) in [5.41, 5.74) is 6.82. The molecule has 0 unspecified atom stereocenters. The van der Waals surface area contributed by atoms with Crippen LogP contribution in [-0.2, 0) is 13.2 Å². The van der Waals surface area contributed by atoms with E-state index in [0.717, 1.165) is 23.2 Å². The molecule has 2 aromatic carbocycles. The van der Waals surface area contributed by atoms with Gasteiger partial charge in [0.1, 0.15) is 5.82 Å². The quantitative estimate of drug-likeness (QED) is 0.692. The minimum atomic E-state index is -4.44. The van der Waals surface area contributed by atoms with Crippen molar-refractivity contribution in [3.05, 3.63) is 48.0 Å². The lowest BCUT2D eigenvalue weighted by Gasteiger charge is -2.10. The summed E-state index contributed by atoms with van der Waals surface area (Å²) in [4.78, 5) is 4.39. The number of halogens is 3. The smallest absolute Gasteiger partial charge is 0.399 e. The van der Waals surface area contributed by atoms with Crippen molar-refractivity contribution in [2.24, 2.45) is 7.05 Å². The molecule has 2 N–H and O–H groups in total. The van der Waals surface area contributed by atoms with Crippen molar-refractivity contribution in [3.8, 4) is 11.4 Å². The van der Waals surface area contributed by atoms with Crippen LogP contribution in [0.1, 0.15) is 5.56 Å². The van der Waals surface area contributed by atoms with Crippen molar-refractivity contribution in [1.82, 2.24) is 9.55 Å². The number of imidazole rings is 1. The molecule has 0 amide bonds. The first kappa shape index (κ1) is 13.5. The first-order chi connectivity index (χ1) is 9.86. The molecule has 3 nitrogen and oxygen atoms in total. The molecule has 0 spiro atoms. The molecule has 0 saturated heterocycles. The number of nitrogen functional groups attached to an aromatic ring is 1. The van der Waals surface area contributed by atoms with E-state index in [4.69, 9.17) is 5.73 Å². The third kappa shape index (κ3) is 2.33. The number of fused-ring (bicyclic) bond motifs is 1. The highest BCUT2D eigenvalue weighted by molar-refractivity contribution is 5.81. The van der Waals surface area contributed by atoms with E-state index in [1.54, 1.807) is 11.6 Å². The summed E-state index contributed by atoms with van der Waals surface area (Å²) in [7, 11) is 1.76. The molecule has 21 heavy (non-hydrogen) atoms. The summed E-state index contributed by atoms with van der Waals surface area (Å²) in [6.07, 6.45) is -4.44. The Hall–Kier alpha value is -2.50. The first-order valence-electron chi connectivity index (χ1n) is 6.26. The summed E-state index contributed by atoms with van der Waals surface area (Å²) in [6, 6.07) is 10.9. The van der Waals surface area contributed by atoms with E-state index in [0.29, 0.717) is 11.4 Å². The Morgan fingerprint density at radius 2 is 1.81 bits per heavy atom. The minimum absolute atomic E-state index is 0.0619. The van der Waals surface area contributed by atoms with Gasteiger partial charge in [0.05, 0.1) is 16.6 Å². The Morgan fingerprint density at radius 1 is 1.10 bits per heavy atom. The number of aromatic nitrogens is 2. The van der Waals surface area contributed by atoms with E-state index in [2.05, 4.69) is 4.98 Å². The van der Waals surface area contributed by atoms with Crippen molar-refractivity contribution >= 4 is 16.7 Å². The predicted molar refractivity (Wildman–Crippen MR) is 75.6 cm³/mol. The molecule has 6 heteroatoms. The lowest BCUT2D eigenvalue weighted by Crippen LogP contribution is -2.06. The SMILES string of the molecule is Cn1c(-c2cc(N)cc(C(F)(F)F)c2)nc2ccccc21. The maximum atomic E-state index is 12.9. The number of benzene rings is 2. The summed E-state index contributed by atoms with van der Waals surface area (Å²) < 4.78 is 40.4. The number of rotatable bonds is 1. The van der Waals surface area contributed by atoms with Gasteiger partial charge in [0.15, 0.2) is 0 Å². The van der Waals surface area contributed by atoms with Gasteiger partial charge in [-0.05, 0) is 30.3 Å². The molecule has 108 valence electrons. The topological polar surface area (TPSA) is 43.8 Å². The summed E-state index contributed by atoms with van der Waals surface area (Å²) >= 11 is 0. The van der Waals surface area contributed by atoms with E-state index >= 15 is 0 Å². The maximum absolute atomic E-state index is 12.9. The third-order valence-electron chi connectivity index (χ3n) is 3.33. The fourth-order valence-corrected chi connectivity index (χ4v) is 2.35. The molecule has 3 rings (SSSR count). The highest BCUT2D eigenvalue weighted by Crippen LogP contribution is 2.34. The van der Waals surface area contributed by atoms with Crippen LogP contribution in [0.25, 0.3) is 22.4 Å².